The van der Waals surface area contributed by atoms with Crippen molar-refractivity contribution in [2.75, 3.05) is 11.9 Å². The molecule has 1 N–H and O–H groups in total. The summed E-state index contributed by atoms with van der Waals surface area (Å²) in [6.45, 7) is 1.57. The second-order valence-electron chi connectivity index (χ2n) is 5.74. The van der Waals surface area contributed by atoms with Gasteiger partial charge in [-0.15, -0.1) is 0 Å². The number of benzene rings is 1. The first-order valence-corrected chi connectivity index (χ1v) is 8.48. The van der Waals surface area contributed by atoms with Crippen molar-refractivity contribution in [1.29, 1.82) is 0 Å². The van der Waals surface area contributed by atoms with E-state index < -0.39 is 17.1 Å². The number of rotatable bonds is 4. The van der Waals surface area contributed by atoms with E-state index >= 15 is 0 Å². The fraction of sp³-hybridized carbons (Fsp3) is 0.167. The van der Waals surface area contributed by atoms with Gasteiger partial charge >= 0.3 is 0 Å². The minimum absolute atomic E-state index is 0.300. The number of hydrogen-bond donors (Lipinski definition) is 1. The van der Waals surface area contributed by atoms with Crippen LogP contribution in [0, 0.1) is 6.92 Å². The first-order chi connectivity index (χ1) is 11.9. The zero-order chi connectivity index (χ0) is 18.0. The number of aromatic nitrogens is 1. The van der Waals surface area contributed by atoms with Gasteiger partial charge in [-0.2, -0.15) is 0 Å². The Morgan fingerprint density at radius 1 is 1.24 bits per heavy atom. The van der Waals surface area contributed by atoms with Crippen LogP contribution in [0.4, 0.5) is 10.5 Å². The molecule has 25 heavy (non-hydrogen) atoms. The number of para-hydroxylation sites is 1. The number of carbonyl (C=O) groups is 3. The zero-order valence-corrected chi connectivity index (χ0v) is 14.7. The van der Waals surface area contributed by atoms with Gasteiger partial charge in [0.05, 0.1) is 4.91 Å². The van der Waals surface area contributed by atoms with Gasteiger partial charge in [0, 0.05) is 25.1 Å². The minimum atomic E-state index is -0.446. The van der Waals surface area contributed by atoms with Crippen LogP contribution in [-0.4, -0.2) is 33.1 Å². The summed E-state index contributed by atoms with van der Waals surface area (Å²) in [5.41, 5.74) is 2.41. The molecule has 1 aliphatic rings. The summed E-state index contributed by atoms with van der Waals surface area (Å²) in [5, 5.41) is 2.29. The van der Waals surface area contributed by atoms with Crippen LogP contribution < -0.4 is 5.32 Å². The average molecular weight is 355 g/mol. The molecule has 0 bridgehead atoms. The highest BCUT2D eigenvalue weighted by Crippen LogP contribution is 2.32. The van der Waals surface area contributed by atoms with Crippen LogP contribution in [0.5, 0.6) is 0 Å². The molecule has 0 aliphatic carbocycles. The van der Waals surface area contributed by atoms with Gasteiger partial charge in [0.15, 0.2) is 0 Å². The number of imide groups is 1. The number of amides is 3. The van der Waals surface area contributed by atoms with E-state index in [0.29, 0.717) is 10.6 Å². The lowest BCUT2D eigenvalue weighted by Gasteiger charge is -2.13. The van der Waals surface area contributed by atoms with Crippen LogP contribution in [0.15, 0.2) is 47.6 Å². The number of nitrogens with one attached hydrogen (secondary N) is 1. The molecule has 3 amide bonds. The van der Waals surface area contributed by atoms with Crippen molar-refractivity contribution in [3.63, 3.8) is 0 Å². The van der Waals surface area contributed by atoms with E-state index in [-0.39, 0.29) is 6.54 Å². The topological polar surface area (TPSA) is 71.4 Å². The Labute approximate surface area is 149 Å². The molecule has 7 heteroatoms. The maximum atomic E-state index is 12.4. The molecule has 1 aliphatic heterocycles. The molecule has 2 aromatic rings. The molecule has 0 radical (unpaired) electrons. The number of carbonyl (C=O) groups excluding carboxylic acids is 3. The average Bonchev–Trinajstić information content (AvgIpc) is 3.08. The monoisotopic (exact) mass is 355 g/mol. The van der Waals surface area contributed by atoms with Crippen molar-refractivity contribution < 1.29 is 14.4 Å². The van der Waals surface area contributed by atoms with Crippen LogP contribution in [0.2, 0.25) is 0 Å². The van der Waals surface area contributed by atoms with Gasteiger partial charge in [0.2, 0.25) is 5.91 Å². The number of thioether (sulfide) groups is 1. The fourth-order valence-electron chi connectivity index (χ4n) is 2.44. The van der Waals surface area contributed by atoms with Crippen molar-refractivity contribution in [2.24, 2.45) is 7.05 Å². The summed E-state index contributed by atoms with van der Waals surface area (Å²) in [7, 11) is 1.87. The first-order valence-electron chi connectivity index (χ1n) is 7.67. The minimum Gasteiger partial charge on any atom is -0.357 e. The predicted molar refractivity (Wildman–Crippen MR) is 97.9 cm³/mol. The Balaban J connectivity index is 1.69. The van der Waals surface area contributed by atoms with Crippen LogP contribution >= 0.6 is 11.8 Å². The third-order valence-electron chi connectivity index (χ3n) is 3.75. The molecule has 6 nitrogen and oxygen atoms in total. The molecule has 0 saturated carbocycles. The Morgan fingerprint density at radius 2 is 2.00 bits per heavy atom. The standard InChI is InChI=1S/C18H17N3O3S/c1-12-5-3-4-6-14(12)19-16(22)11-21-17(23)15(25-18(21)24)9-13-7-8-20(2)10-13/h3-10H,11H2,1-2H3,(H,19,22)/b15-9+. The summed E-state index contributed by atoms with van der Waals surface area (Å²) in [6.07, 6.45) is 5.36. The number of nitrogens with zero attached hydrogens (tertiary/aromatic N) is 2. The number of anilines is 1. The van der Waals surface area contributed by atoms with Gasteiger partial charge in [-0.1, -0.05) is 18.2 Å². The normalized spacial score (nSPS) is 15.9. The lowest BCUT2D eigenvalue weighted by atomic mass is 10.2. The smallest absolute Gasteiger partial charge is 0.294 e. The number of aryl methyl sites for hydroxylation is 2. The summed E-state index contributed by atoms with van der Waals surface area (Å²) in [6, 6.07) is 9.18. The Kier molecular flexibility index (Phi) is 4.76. The second kappa shape index (κ2) is 6.98. The molecule has 128 valence electrons. The SMILES string of the molecule is Cc1ccccc1NC(=O)CN1C(=O)S/C(=C/c2ccn(C)c2)C1=O. The van der Waals surface area contributed by atoms with Crippen molar-refractivity contribution in [2.45, 2.75) is 6.92 Å². The highest BCUT2D eigenvalue weighted by atomic mass is 32.2. The highest BCUT2D eigenvalue weighted by Gasteiger charge is 2.36. The second-order valence-corrected chi connectivity index (χ2v) is 6.73. The van der Waals surface area contributed by atoms with Crippen LogP contribution in [-0.2, 0) is 16.6 Å². The predicted octanol–water partition coefficient (Wildman–Crippen LogP) is 3.01. The zero-order valence-electron chi connectivity index (χ0n) is 13.9. The van der Waals surface area contributed by atoms with Gasteiger partial charge in [-0.25, -0.2) is 0 Å². The Bertz CT molecular complexity index is 885. The molecule has 0 spiro atoms. The lowest BCUT2D eigenvalue weighted by Crippen LogP contribution is -2.36. The van der Waals surface area contributed by atoms with E-state index in [1.807, 2.05) is 55.2 Å². The molecular weight excluding hydrogens is 338 g/mol. The Hall–Kier alpha value is -2.80. The van der Waals surface area contributed by atoms with Crippen molar-refractivity contribution in [1.82, 2.24) is 9.47 Å². The van der Waals surface area contributed by atoms with Gasteiger partial charge in [-0.3, -0.25) is 19.3 Å². The maximum Gasteiger partial charge on any atom is 0.294 e. The van der Waals surface area contributed by atoms with Crippen molar-refractivity contribution in [3.05, 3.63) is 58.8 Å². The molecular formula is C18H17N3O3S. The molecule has 1 aromatic heterocycles. The number of hydrogen-bond acceptors (Lipinski definition) is 4. The first kappa shape index (κ1) is 17.0. The summed E-state index contributed by atoms with van der Waals surface area (Å²) < 4.78 is 1.85. The third-order valence-corrected chi connectivity index (χ3v) is 4.65. The maximum absolute atomic E-state index is 12.4. The van der Waals surface area contributed by atoms with Gasteiger partial charge in [0.1, 0.15) is 6.54 Å². The van der Waals surface area contributed by atoms with E-state index in [9.17, 15) is 14.4 Å². The summed E-state index contributed by atoms with van der Waals surface area (Å²) in [5.74, 6) is -0.851. The molecule has 1 aromatic carbocycles. The van der Waals surface area contributed by atoms with E-state index in [0.717, 1.165) is 27.8 Å². The lowest BCUT2D eigenvalue weighted by molar-refractivity contribution is -0.127. The largest absolute Gasteiger partial charge is 0.357 e. The summed E-state index contributed by atoms with van der Waals surface area (Å²) >= 11 is 0.847. The Morgan fingerprint density at radius 3 is 2.68 bits per heavy atom. The van der Waals surface area contributed by atoms with Crippen molar-refractivity contribution >= 4 is 40.6 Å². The quantitative estimate of drug-likeness (QED) is 0.856. The van der Waals surface area contributed by atoms with Gasteiger partial charge in [-0.05, 0) is 48.0 Å². The van der Waals surface area contributed by atoms with E-state index in [4.69, 9.17) is 0 Å². The molecule has 2 heterocycles. The summed E-state index contributed by atoms with van der Waals surface area (Å²) in [4.78, 5) is 38.0. The van der Waals surface area contributed by atoms with Crippen molar-refractivity contribution in [3.8, 4) is 0 Å². The third kappa shape index (κ3) is 3.83. The van der Waals surface area contributed by atoms with Gasteiger partial charge < -0.3 is 9.88 Å². The van der Waals surface area contributed by atoms with E-state index in [1.54, 1.807) is 12.1 Å². The fourth-order valence-corrected chi connectivity index (χ4v) is 3.28. The van der Waals surface area contributed by atoms with Gasteiger partial charge in [0.25, 0.3) is 11.1 Å². The van der Waals surface area contributed by atoms with Crippen LogP contribution in [0.1, 0.15) is 11.1 Å². The van der Waals surface area contributed by atoms with E-state index in [2.05, 4.69) is 5.32 Å². The highest BCUT2D eigenvalue weighted by molar-refractivity contribution is 8.18. The molecule has 0 unspecified atom stereocenters. The molecule has 0 atom stereocenters. The van der Waals surface area contributed by atoms with Crippen LogP contribution in [0.25, 0.3) is 6.08 Å². The molecule has 3 rings (SSSR count). The molecule has 1 saturated heterocycles. The van der Waals surface area contributed by atoms with Crippen LogP contribution in [0.3, 0.4) is 0 Å². The van der Waals surface area contributed by atoms with E-state index in [1.165, 1.54) is 0 Å². The molecule has 1 fully saturated rings.